The molecule has 0 spiro atoms. The minimum Gasteiger partial charge on any atom is -0.410 e. The number of rotatable bonds is 5. The molecule has 5 nitrogen and oxygen atoms in total. The van der Waals surface area contributed by atoms with Crippen LogP contribution >= 0.6 is 11.6 Å². The lowest BCUT2D eigenvalue weighted by atomic mass is 9.97. The van der Waals surface area contributed by atoms with Crippen molar-refractivity contribution in [2.24, 2.45) is 5.92 Å². The molecule has 1 aliphatic rings. The Morgan fingerprint density at radius 1 is 1.07 bits per heavy atom. The summed E-state index contributed by atoms with van der Waals surface area (Å²) in [5, 5.41) is 3.53. The summed E-state index contributed by atoms with van der Waals surface area (Å²) in [6.45, 7) is 1.84. The van der Waals surface area contributed by atoms with Gasteiger partial charge in [0.15, 0.2) is 0 Å². The van der Waals surface area contributed by atoms with Crippen molar-refractivity contribution in [1.29, 1.82) is 0 Å². The molecule has 1 heterocycles. The molecule has 6 heteroatoms. The summed E-state index contributed by atoms with van der Waals surface area (Å²) in [4.78, 5) is 25.9. The highest BCUT2D eigenvalue weighted by Crippen LogP contribution is 2.19. The molecule has 2 amide bonds. The zero-order valence-electron chi connectivity index (χ0n) is 15.5. The van der Waals surface area contributed by atoms with Crippen LogP contribution in [0.4, 0.5) is 4.79 Å². The number of piperidine rings is 1. The van der Waals surface area contributed by atoms with E-state index in [-0.39, 0.29) is 12.0 Å². The van der Waals surface area contributed by atoms with Gasteiger partial charge in [-0.1, -0.05) is 48.0 Å². The molecule has 0 radical (unpaired) electrons. The van der Waals surface area contributed by atoms with Crippen LogP contribution in [0.3, 0.4) is 0 Å². The van der Waals surface area contributed by atoms with E-state index in [1.54, 1.807) is 29.2 Å². The monoisotopic (exact) mass is 398 g/mol. The van der Waals surface area contributed by atoms with Crippen molar-refractivity contribution in [1.82, 2.24) is 10.2 Å². The Kier molecular flexibility index (Phi) is 7.09. The van der Waals surface area contributed by atoms with Crippen LogP contribution in [0.25, 0.3) is 6.08 Å². The smallest absolute Gasteiger partial charge is 0.410 e. The quantitative estimate of drug-likeness (QED) is 0.760. The van der Waals surface area contributed by atoms with Crippen LogP contribution in [0.5, 0.6) is 5.75 Å². The van der Waals surface area contributed by atoms with Crippen LogP contribution in [-0.4, -0.2) is 36.5 Å². The van der Waals surface area contributed by atoms with Crippen molar-refractivity contribution < 1.29 is 14.3 Å². The number of carbonyl (C=O) groups excluding carboxylic acids is 2. The third-order valence-electron chi connectivity index (χ3n) is 4.71. The molecule has 1 fully saturated rings. The lowest BCUT2D eigenvalue weighted by Gasteiger charge is -2.31. The molecular formula is C22H23ClN2O3. The Morgan fingerprint density at radius 2 is 1.75 bits per heavy atom. The summed E-state index contributed by atoms with van der Waals surface area (Å²) in [5.74, 6) is 0.747. The van der Waals surface area contributed by atoms with Crippen molar-refractivity contribution in [3.63, 3.8) is 0 Å². The molecule has 0 saturated carbocycles. The SMILES string of the molecule is O=C(/C=C/c1ccccc1Cl)NCC1CCN(C(=O)Oc2ccccc2)CC1. The first kappa shape index (κ1) is 20.0. The van der Waals surface area contributed by atoms with Crippen molar-refractivity contribution in [2.45, 2.75) is 12.8 Å². The van der Waals surface area contributed by atoms with E-state index in [2.05, 4.69) is 5.32 Å². The van der Waals surface area contributed by atoms with Gasteiger partial charge in [-0.05, 0) is 48.6 Å². The fourth-order valence-electron chi connectivity index (χ4n) is 3.05. The number of likely N-dealkylation sites (tertiary alicyclic amines) is 1. The number of hydrogen-bond donors (Lipinski definition) is 1. The van der Waals surface area contributed by atoms with Gasteiger partial charge in [0, 0.05) is 30.7 Å². The van der Waals surface area contributed by atoms with E-state index in [4.69, 9.17) is 16.3 Å². The van der Waals surface area contributed by atoms with Gasteiger partial charge in [-0.25, -0.2) is 4.79 Å². The average molecular weight is 399 g/mol. The van der Waals surface area contributed by atoms with Gasteiger partial charge in [0.1, 0.15) is 5.75 Å². The molecular weight excluding hydrogens is 376 g/mol. The summed E-state index contributed by atoms with van der Waals surface area (Å²) < 4.78 is 5.37. The zero-order chi connectivity index (χ0) is 19.8. The second-order valence-corrected chi connectivity index (χ2v) is 7.12. The van der Waals surface area contributed by atoms with Crippen LogP contribution in [0, 0.1) is 5.92 Å². The predicted octanol–water partition coefficient (Wildman–Crippen LogP) is 4.38. The molecule has 1 N–H and O–H groups in total. The van der Waals surface area contributed by atoms with E-state index in [0.29, 0.717) is 36.3 Å². The largest absolute Gasteiger partial charge is 0.415 e. The maximum atomic E-state index is 12.2. The van der Waals surface area contributed by atoms with Crippen LogP contribution in [0.1, 0.15) is 18.4 Å². The molecule has 0 unspecified atom stereocenters. The van der Waals surface area contributed by atoms with E-state index >= 15 is 0 Å². The molecule has 3 rings (SSSR count). The first-order valence-electron chi connectivity index (χ1n) is 9.34. The number of nitrogens with zero attached hydrogens (tertiary/aromatic N) is 1. The normalized spacial score (nSPS) is 14.8. The third-order valence-corrected chi connectivity index (χ3v) is 5.05. The fraction of sp³-hybridized carbons (Fsp3) is 0.273. The van der Waals surface area contributed by atoms with Gasteiger partial charge in [0.05, 0.1) is 0 Å². The number of amides is 2. The van der Waals surface area contributed by atoms with Gasteiger partial charge in [0.25, 0.3) is 0 Å². The van der Waals surface area contributed by atoms with E-state index in [9.17, 15) is 9.59 Å². The lowest BCUT2D eigenvalue weighted by molar-refractivity contribution is -0.116. The molecule has 1 aliphatic heterocycles. The highest BCUT2D eigenvalue weighted by Gasteiger charge is 2.24. The zero-order valence-corrected chi connectivity index (χ0v) is 16.3. The second kappa shape index (κ2) is 9.95. The van der Waals surface area contributed by atoms with E-state index in [0.717, 1.165) is 18.4 Å². The van der Waals surface area contributed by atoms with Crippen LogP contribution in [0.15, 0.2) is 60.7 Å². The van der Waals surface area contributed by atoms with Crippen molar-refractivity contribution in [2.75, 3.05) is 19.6 Å². The summed E-state index contributed by atoms with van der Waals surface area (Å²) in [6.07, 6.45) is 4.54. The summed E-state index contributed by atoms with van der Waals surface area (Å²) in [6, 6.07) is 16.4. The fourth-order valence-corrected chi connectivity index (χ4v) is 3.25. The molecule has 0 atom stereocenters. The van der Waals surface area contributed by atoms with Gasteiger partial charge < -0.3 is 15.0 Å². The number of ether oxygens (including phenoxy) is 1. The number of halogens is 1. The Balaban J connectivity index is 1.39. The first-order valence-corrected chi connectivity index (χ1v) is 9.72. The van der Waals surface area contributed by atoms with E-state index in [1.165, 1.54) is 6.08 Å². The molecule has 2 aromatic rings. The Hall–Kier alpha value is -2.79. The van der Waals surface area contributed by atoms with Gasteiger partial charge in [-0.2, -0.15) is 0 Å². The maximum absolute atomic E-state index is 12.2. The maximum Gasteiger partial charge on any atom is 0.415 e. The Labute approximate surface area is 169 Å². The summed E-state index contributed by atoms with van der Waals surface area (Å²) in [5.41, 5.74) is 0.810. The molecule has 146 valence electrons. The predicted molar refractivity (Wildman–Crippen MR) is 110 cm³/mol. The van der Waals surface area contributed by atoms with E-state index < -0.39 is 0 Å². The average Bonchev–Trinajstić information content (AvgIpc) is 2.73. The molecule has 0 bridgehead atoms. The van der Waals surface area contributed by atoms with E-state index in [1.807, 2.05) is 36.4 Å². The summed E-state index contributed by atoms with van der Waals surface area (Å²) in [7, 11) is 0. The second-order valence-electron chi connectivity index (χ2n) is 6.71. The van der Waals surface area contributed by atoms with Crippen LogP contribution in [-0.2, 0) is 4.79 Å². The van der Waals surface area contributed by atoms with Crippen LogP contribution < -0.4 is 10.1 Å². The lowest BCUT2D eigenvalue weighted by Crippen LogP contribution is -2.42. The van der Waals surface area contributed by atoms with Crippen LogP contribution in [0.2, 0.25) is 5.02 Å². The Morgan fingerprint density at radius 3 is 2.46 bits per heavy atom. The van der Waals surface area contributed by atoms with Gasteiger partial charge in [0.2, 0.25) is 5.91 Å². The standard InChI is InChI=1S/C22H23ClN2O3/c23-20-9-5-4-6-18(20)10-11-21(26)24-16-17-12-14-25(15-13-17)22(27)28-19-7-2-1-3-8-19/h1-11,17H,12-16H2,(H,24,26)/b11-10+. The number of hydrogen-bond acceptors (Lipinski definition) is 3. The Bertz CT molecular complexity index is 831. The van der Waals surface area contributed by atoms with Gasteiger partial charge in [-0.15, -0.1) is 0 Å². The molecule has 0 aliphatic carbocycles. The third kappa shape index (κ3) is 5.86. The number of carbonyl (C=O) groups is 2. The molecule has 0 aromatic heterocycles. The summed E-state index contributed by atoms with van der Waals surface area (Å²) >= 11 is 6.07. The first-order chi connectivity index (χ1) is 13.6. The highest BCUT2D eigenvalue weighted by molar-refractivity contribution is 6.32. The minimum atomic E-state index is -0.323. The number of nitrogens with one attached hydrogen (secondary N) is 1. The number of benzene rings is 2. The van der Waals surface area contributed by atoms with Crippen molar-refractivity contribution in [3.8, 4) is 5.75 Å². The molecule has 1 saturated heterocycles. The topological polar surface area (TPSA) is 58.6 Å². The van der Waals surface area contributed by atoms with Crippen molar-refractivity contribution in [3.05, 3.63) is 71.3 Å². The van der Waals surface area contributed by atoms with Gasteiger partial charge >= 0.3 is 6.09 Å². The molecule has 2 aromatic carbocycles. The minimum absolute atomic E-state index is 0.147. The van der Waals surface area contributed by atoms with Crippen molar-refractivity contribution >= 4 is 29.7 Å². The van der Waals surface area contributed by atoms with Gasteiger partial charge in [-0.3, -0.25) is 4.79 Å². The highest BCUT2D eigenvalue weighted by atomic mass is 35.5. The molecule has 28 heavy (non-hydrogen) atoms. The number of para-hydroxylation sites is 1.